The van der Waals surface area contributed by atoms with E-state index in [0.717, 1.165) is 5.76 Å². The number of anilines is 1. The maximum Gasteiger partial charge on any atom is 0.290 e. The number of hydrogen-bond acceptors (Lipinski definition) is 5. The molecule has 0 unspecified atom stereocenters. The Morgan fingerprint density at radius 1 is 1.59 bits per heavy atom. The van der Waals surface area contributed by atoms with Crippen molar-refractivity contribution in [1.29, 1.82) is 0 Å². The number of hydrogen-bond donors (Lipinski definition) is 1. The predicted octanol–water partition coefficient (Wildman–Crippen LogP) is 2.50. The van der Waals surface area contributed by atoms with Gasteiger partial charge in [0.2, 0.25) is 0 Å². The predicted molar refractivity (Wildman–Crippen MR) is 61.7 cm³/mol. The third-order valence-corrected chi connectivity index (χ3v) is 2.30. The van der Waals surface area contributed by atoms with Crippen LogP contribution in [0.2, 0.25) is 0 Å². The largest absolute Gasteiger partial charge is 0.467 e. The zero-order valence-corrected chi connectivity index (χ0v) is 9.21. The second-order valence-corrected chi connectivity index (χ2v) is 3.55. The lowest BCUT2D eigenvalue weighted by molar-refractivity contribution is -0.385. The molecule has 0 aliphatic heterocycles. The normalized spacial score (nSPS) is 10.2. The summed E-state index contributed by atoms with van der Waals surface area (Å²) in [6.07, 6.45) is 2.84. The van der Waals surface area contributed by atoms with Crippen LogP contribution in [0.3, 0.4) is 0 Å². The Bertz CT molecular complexity index is 523. The topological polar surface area (TPSA) is 81.2 Å². The molecular formula is C11H11N3O3. The van der Waals surface area contributed by atoms with Crippen LogP contribution in [0.1, 0.15) is 11.3 Å². The maximum atomic E-state index is 10.6. The van der Waals surface area contributed by atoms with Gasteiger partial charge in [0.15, 0.2) is 0 Å². The summed E-state index contributed by atoms with van der Waals surface area (Å²) in [6, 6.07) is 5.28. The number of rotatable bonds is 4. The van der Waals surface area contributed by atoms with Gasteiger partial charge in [-0.3, -0.25) is 10.1 Å². The fourth-order valence-electron chi connectivity index (χ4n) is 1.43. The molecule has 0 aliphatic carbocycles. The molecule has 0 saturated heterocycles. The molecule has 17 heavy (non-hydrogen) atoms. The van der Waals surface area contributed by atoms with Crippen molar-refractivity contribution in [3.8, 4) is 0 Å². The van der Waals surface area contributed by atoms with E-state index in [1.54, 1.807) is 25.3 Å². The van der Waals surface area contributed by atoms with Crippen LogP contribution in [0.4, 0.5) is 11.5 Å². The first-order chi connectivity index (χ1) is 8.16. The Kier molecular flexibility index (Phi) is 3.04. The van der Waals surface area contributed by atoms with Crippen LogP contribution >= 0.6 is 0 Å². The summed E-state index contributed by atoms with van der Waals surface area (Å²) in [5.41, 5.74) is 0.598. The van der Waals surface area contributed by atoms with Crippen molar-refractivity contribution in [2.45, 2.75) is 13.5 Å². The summed E-state index contributed by atoms with van der Waals surface area (Å²) in [4.78, 5) is 14.1. The van der Waals surface area contributed by atoms with E-state index in [1.807, 2.05) is 6.07 Å². The van der Waals surface area contributed by atoms with Crippen LogP contribution in [0.25, 0.3) is 0 Å². The lowest BCUT2D eigenvalue weighted by Gasteiger charge is -2.04. The lowest BCUT2D eigenvalue weighted by atomic mass is 10.2. The average Bonchev–Trinajstić information content (AvgIpc) is 2.78. The SMILES string of the molecule is Cc1cc(NCc2ccco2)ncc1[N+](=O)[O-]. The minimum absolute atomic E-state index is 0.0218. The molecule has 2 heterocycles. The summed E-state index contributed by atoms with van der Waals surface area (Å²) in [5.74, 6) is 1.37. The molecule has 0 aliphatic rings. The van der Waals surface area contributed by atoms with E-state index in [9.17, 15) is 10.1 Å². The third-order valence-electron chi connectivity index (χ3n) is 2.30. The van der Waals surface area contributed by atoms with Crippen LogP contribution < -0.4 is 5.32 Å². The maximum absolute atomic E-state index is 10.6. The Balaban J connectivity index is 2.07. The number of aromatic nitrogens is 1. The highest BCUT2D eigenvalue weighted by Crippen LogP contribution is 2.19. The number of furan rings is 1. The number of nitro groups is 1. The highest BCUT2D eigenvalue weighted by molar-refractivity contribution is 5.46. The van der Waals surface area contributed by atoms with Crippen molar-refractivity contribution in [3.05, 3.63) is 52.1 Å². The van der Waals surface area contributed by atoms with Crippen molar-refractivity contribution in [2.75, 3.05) is 5.32 Å². The van der Waals surface area contributed by atoms with Crippen LogP contribution in [0.5, 0.6) is 0 Å². The molecule has 0 bridgehead atoms. The Hall–Kier alpha value is -2.37. The molecule has 88 valence electrons. The number of nitrogens with one attached hydrogen (secondary N) is 1. The molecule has 2 aromatic heterocycles. The van der Waals surface area contributed by atoms with Gasteiger partial charge in [-0.25, -0.2) is 4.98 Å². The third kappa shape index (κ3) is 2.60. The summed E-state index contributed by atoms with van der Waals surface area (Å²) in [6.45, 7) is 2.18. The van der Waals surface area contributed by atoms with E-state index in [4.69, 9.17) is 4.42 Å². The van der Waals surface area contributed by atoms with E-state index in [2.05, 4.69) is 10.3 Å². The highest BCUT2D eigenvalue weighted by atomic mass is 16.6. The monoisotopic (exact) mass is 233 g/mol. The van der Waals surface area contributed by atoms with Crippen LogP contribution in [0.15, 0.2) is 35.1 Å². The second kappa shape index (κ2) is 4.65. The molecule has 2 aromatic rings. The summed E-state index contributed by atoms with van der Waals surface area (Å²) in [5, 5.41) is 13.6. The van der Waals surface area contributed by atoms with Crippen molar-refractivity contribution in [2.24, 2.45) is 0 Å². The highest BCUT2D eigenvalue weighted by Gasteiger charge is 2.11. The van der Waals surface area contributed by atoms with Crippen molar-refractivity contribution >= 4 is 11.5 Å². The first-order valence-corrected chi connectivity index (χ1v) is 5.04. The van der Waals surface area contributed by atoms with Gasteiger partial charge in [-0.15, -0.1) is 0 Å². The summed E-state index contributed by atoms with van der Waals surface area (Å²) < 4.78 is 5.15. The molecule has 0 radical (unpaired) electrons. The first-order valence-electron chi connectivity index (χ1n) is 5.04. The smallest absolute Gasteiger partial charge is 0.290 e. The zero-order chi connectivity index (χ0) is 12.3. The number of aryl methyl sites for hydroxylation is 1. The molecule has 6 heteroatoms. The lowest BCUT2D eigenvalue weighted by Crippen LogP contribution is -2.02. The van der Waals surface area contributed by atoms with Gasteiger partial charge in [0, 0.05) is 5.56 Å². The molecule has 2 rings (SSSR count). The quantitative estimate of drug-likeness (QED) is 0.648. The number of nitrogens with zero attached hydrogens (tertiary/aromatic N) is 2. The van der Waals surface area contributed by atoms with E-state index < -0.39 is 4.92 Å². The van der Waals surface area contributed by atoms with E-state index in [0.29, 0.717) is 17.9 Å². The van der Waals surface area contributed by atoms with E-state index >= 15 is 0 Å². The van der Waals surface area contributed by atoms with Crippen LogP contribution in [-0.4, -0.2) is 9.91 Å². The minimum Gasteiger partial charge on any atom is -0.467 e. The van der Waals surface area contributed by atoms with Crippen LogP contribution in [0, 0.1) is 17.0 Å². The molecule has 0 atom stereocenters. The molecule has 0 fully saturated rings. The van der Waals surface area contributed by atoms with Gasteiger partial charge >= 0.3 is 0 Å². The van der Waals surface area contributed by atoms with Crippen molar-refractivity contribution in [3.63, 3.8) is 0 Å². The van der Waals surface area contributed by atoms with Gasteiger partial charge in [-0.1, -0.05) is 0 Å². The van der Waals surface area contributed by atoms with Gasteiger partial charge in [-0.2, -0.15) is 0 Å². The first kappa shape index (κ1) is 11.1. The van der Waals surface area contributed by atoms with Crippen molar-refractivity contribution in [1.82, 2.24) is 4.98 Å². The summed E-state index contributed by atoms with van der Waals surface area (Å²) in [7, 11) is 0. The zero-order valence-electron chi connectivity index (χ0n) is 9.21. The van der Waals surface area contributed by atoms with E-state index in [-0.39, 0.29) is 5.69 Å². The van der Waals surface area contributed by atoms with Gasteiger partial charge in [-0.05, 0) is 25.1 Å². The molecule has 0 amide bonds. The summed E-state index contributed by atoms with van der Waals surface area (Å²) >= 11 is 0. The molecule has 0 spiro atoms. The van der Waals surface area contributed by atoms with Gasteiger partial charge in [0.05, 0.1) is 17.7 Å². The molecule has 1 N–H and O–H groups in total. The Labute approximate surface area is 97.4 Å². The van der Waals surface area contributed by atoms with E-state index in [1.165, 1.54) is 6.20 Å². The van der Waals surface area contributed by atoms with Gasteiger partial charge < -0.3 is 9.73 Å². The second-order valence-electron chi connectivity index (χ2n) is 3.55. The fourth-order valence-corrected chi connectivity index (χ4v) is 1.43. The molecule has 6 nitrogen and oxygen atoms in total. The number of pyridine rings is 1. The van der Waals surface area contributed by atoms with Gasteiger partial charge in [0.25, 0.3) is 5.69 Å². The van der Waals surface area contributed by atoms with Gasteiger partial charge in [0.1, 0.15) is 17.8 Å². The standard InChI is InChI=1S/C11H11N3O3/c1-8-5-11(13-7-10(8)14(15)16)12-6-9-3-2-4-17-9/h2-5,7H,6H2,1H3,(H,12,13). The molecule has 0 aromatic carbocycles. The molecule has 0 saturated carbocycles. The van der Waals surface area contributed by atoms with Crippen molar-refractivity contribution < 1.29 is 9.34 Å². The minimum atomic E-state index is -0.446. The fraction of sp³-hybridized carbons (Fsp3) is 0.182. The Morgan fingerprint density at radius 2 is 2.41 bits per heavy atom. The Morgan fingerprint density at radius 3 is 3.00 bits per heavy atom. The van der Waals surface area contributed by atoms with Crippen LogP contribution in [-0.2, 0) is 6.54 Å². The molecular weight excluding hydrogens is 222 g/mol. The average molecular weight is 233 g/mol.